The molecule has 1 fully saturated rings. The van der Waals surface area contributed by atoms with Crippen LogP contribution in [0.5, 0.6) is 0 Å². The van der Waals surface area contributed by atoms with Crippen molar-refractivity contribution in [1.82, 2.24) is 34.9 Å². The lowest BCUT2D eigenvalue weighted by molar-refractivity contribution is -0.153. The third-order valence-corrected chi connectivity index (χ3v) is 4.45. The largest absolute Gasteiger partial charge is 0.479 e. The summed E-state index contributed by atoms with van der Waals surface area (Å²) in [6.45, 7) is 1.41. The van der Waals surface area contributed by atoms with Gasteiger partial charge in [0.15, 0.2) is 5.54 Å². The quantitative estimate of drug-likeness (QED) is 0.774. The highest BCUT2D eigenvalue weighted by Gasteiger charge is 2.44. The Morgan fingerprint density at radius 2 is 2.04 bits per heavy atom. The number of hydrogen-bond donors (Lipinski definition) is 1. The van der Waals surface area contributed by atoms with Crippen molar-refractivity contribution in [3.63, 3.8) is 0 Å². The SMILES string of the molecule is O=C(CCCn1cnnn1)N1CCC(C(=O)O)(n2cccn2)CC1. The highest BCUT2D eigenvalue weighted by atomic mass is 16.4. The number of carbonyl (C=O) groups is 2. The van der Waals surface area contributed by atoms with Gasteiger partial charge in [-0.15, -0.1) is 5.10 Å². The summed E-state index contributed by atoms with van der Waals surface area (Å²) in [6.07, 6.45) is 6.48. The molecule has 0 aliphatic carbocycles. The summed E-state index contributed by atoms with van der Waals surface area (Å²) in [4.78, 5) is 25.8. The molecule has 0 radical (unpaired) electrons. The molecule has 1 N–H and O–H groups in total. The molecular formula is C14H19N7O3. The van der Waals surface area contributed by atoms with Crippen molar-refractivity contribution in [2.45, 2.75) is 37.8 Å². The number of piperidine rings is 1. The number of aliphatic carboxylic acids is 1. The van der Waals surface area contributed by atoms with Crippen molar-refractivity contribution in [3.8, 4) is 0 Å². The van der Waals surface area contributed by atoms with Crippen LogP contribution in [0.25, 0.3) is 0 Å². The molecule has 128 valence electrons. The minimum atomic E-state index is -1.06. The smallest absolute Gasteiger partial charge is 0.331 e. The van der Waals surface area contributed by atoms with E-state index in [2.05, 4.69) is 20.6 Å². The Balaban J connectivity index is 1.54. The molecule has 0 atom stereocenters. The molecule has 1 saturated heterocycles. The predicted molar refractivity (Wildman–Crippen MR) is 80.7 cm³/mol. The summed E-state index contributed by atoms with van der Waals surface area (Å²) in [7, 11) is 0. The van der Waals surface area contributed by atoms with Crippen molar-refractivity contribution in [2.75, 3.05) is 13.1 Å². The first-order valence-electron chi connectivity index (χ1n) is 7.84. The summed E-state index contributed by atoms with van der Waals surface area (Å²) in [5.74, 6) is -0.875. The fourth-order valence-corrected chi connectivity index (χ4v) is 3.02. The first-order valence-corrected chi connectivity index (χ1v) is 7.84. The van der Waals surface area contributed by atoms with Crippen LogP contribution in [0.1, 0.15) is 25.7 Å². The topological polar surface area (TPSA) is 119 Å². The lowest BCUT2D eigenvalue weighted by Crippen LogP contribution is -2.52. The normalized spacial score (nSPS) is 16.9. The lowest BCUT2D eigenvalue weighted by Gasteiger charge is -2.39. The van der Waals surface area contributed by atoms with E-state index in [0.29, 0.717) is 45.3 Å². The maximum absolute atomic E-state index is 12.3. The monoisotopic (exact) mass is 333 g/mol. The molecule has 24 heavy (non-hydrogen) atoms. The molecule has 0 aromatic carbocycles. The van der Waals surface area contributed by atoms with Crippen molar-refractivity contribution in [2.24, 2.45) is 0 Å². The van der Waals surface area contributed by atoms with Gasteiger partial charge in [0.1, 0.15) is 6.33 Å². The van der Waals surface area contributed by atoms with Crippen molar-refractivity contribution in [3.05, 3.63) is 24.8 Å². The van der Waals surface area contributed by atoms with Gasteiger partial charge in [-0.05, 0) is 22.9 Å². The highest BCUT2D eigenvalue weighted by molar-refractivity contribution is 5.79. The molecule has 1 aliphatic heterocycles. The number of nitrogens with zero attached hydrogens (tertiary/aromatic N) is 7. The Labute approximate surface area is 138 Å². The Bertz CT molecular complexity index is 675. The second kappa shape index (κ2) is 6.77. The van der Waals surface area contributed by atoms with Gasteiger partial charge in [-0.1, -0.05) is 0 Å². The van der Waals surface area contributed by atoms with E-state index in [0.717, 1.165) is 0 Å². The number of tetrazole rings is 1. The number of carboxylic acid groups (broad SMARTS) is 1. The van der Waals surface area contributed by atoms with Gasteiger partial charge in [-0.2, -0.15) is 5.10 Å². The summed E-state index contributed by atoms with van der Waals surface area (Å²) in [6, 6.07) is 1.71. The van der Waals surface area contributed by atoms with Crippen LogP contribution in [-0.2, 0) is 21.7 Å². The van der Waals surface area contributed by atoms with Crippen molar-refractivity contribution >= 4 is 11.9 Å². The molecule has 10 heteroatoms. The van der Waals surface area contributed by atoms with Gasteiger partial charge in [0.05, 0.1) is 0 Å². The zero-order valence-electron chi connectivity index (χ0n) is 13.2. The van der Waals surface area contributed by atoms with E-state index in [1.165, 1.54) is 11.0 Å². The number of amides is 1. The number of aryl methyl sites for hydroxylation is 1. The fraction of sp³-hybridized carbons (Fsp3) is 0.571. The second-order valence-corrected chi connectivity index (χ2v) is 5.84. The fourth-order valence-electron chi connectivity index (χ4n) is 3.02. The van der Waals surface area contributed by atoms with E-state index in [1.807, 2.05) is 0 Å². The van der Waals surface area contributed by atoms with Crippen LogP contribution in [0.15, 0.2) is 24.8 Å². The zero-order valence-corrected chi connectivity index (χ0v) is 13.2. The third-order valence-electron chi connectivity index (χ3n) is 4.45. The Morgan fingerprint density at radius 3 is 2.62 bits per heavy atom. The summed E-state index contributed by atoms with van der Waals surface area (Å²) in [5, 5.41) is 24.6. The summed E-state index contributed by atoms with van der Waals surface area (Å²) >= 11 is 0. The van der Waals surface area contributed by atoms with Crippen LogP contribution >= 0.6 is 0 Å². The summed E-state index contributed by atoms with van der Waals surface area (Å²) < 4.78 is 3.07. The predicted octanol–water partition coefficient (Wildman–Crippen LogP) is -0.248. The van der Waals surface area contributed by atoms with Gasteiger partial charge >= 0.3 is 5.97 Å². The first kappa shape index (κ1) is 16.1. The third kappa shape index (κ3) is 3.12. The van der Waals surface area contributed by atoms with Crippen LogP contribution in [0.3, 0.4) is 0 Å². The Kier molecular flexibility index (Phi) is 4.54. The van der Waals surface area contributed by atoms with Gasteiger partial charge in [-0.3, -0.25) is 9.48 Å². The second-order valence-electron chi connectivity index (χ2n) is 5.84. The number of likely N-dealkylation sites (tertiary alicyclic amines) is 1. The minimum Gasteiger partial charge on any atom is -0.479 e. The standard InChI is InChI=1S/C14H19N7O3/c22-12(3-1-7-20-11-15-17-18-20)19-9-4-14(5-10-19,13(23)24)21-8-2-6-16-21/h2,6,8,11H,1,3-5,7,9-10H2,(H,23,24). The van der Waals surface area contributed by atoms with E-state index in [1.54, 1.807) is 28.0 Å². The number of hydrogen-bond acceptors (Lipinski definition) is 6. The molecule has 10 nitrogen and oxygen atoms in total. The van der Waals surface area contributed by atoms with Gasteiger partial charge < -0.3 is 10.0 Å². The molecule has 0 bridgehead atoms. The van der Waals surface area contributed by atoms with Crippen LogP contribution in [0, 0.1) is 0 Å². The average molecular weight is 333 g/mol. The Morgan fingerprint density at radius 1 is 1.25 bits per heavy atom. The molecule has 0 unspecified atom stereocenters. The number of rotatable bonds is 6. The summed E-state index contributed by atoms with van der Waals surface area (Å²) in [5.41, 5.74) is -1.06. The molecule has 1 aliphatic rings. The molecule has 1 amide bonds. The molecule has 0 saturated carbocycles. The maximum atomic E-state index is 12.3. The van der Waals surface area contributed by atoms with Gasteiger partial charge in [0.2, 0.25) is 5.91 Å². The number of carbonyl (C=O) groups excluding carboxylic acids is 1. The minimum absolute atomic E-state index is 0.0301. The van der Waals surface area contributed by atoms with Crippen LogP contribution in [0.2, 0.25) is 0 Å². The van der Waals surface area contributed by atoms with Crippen molar-refractivity contribution in [1.29, 1.82) is 0 Å². The van der Waals surface area contributed by atoms with Crippen LogP contribution < -0.4 is 0 Å². The van der Waals surface area contributed by atoms with Gasteiger partial charge in [0.25, 0.3) is 0 Å². The van der Waals surface area contributed by atoms with E-state index in [-0.39, 0.29) is 5.91 Å². The molecule has 2 aromatic rings. The average Bonchev–Trinajstić information content (AvgIpc) is 3.28. The lowest BCUT2D eigenvalue weighted by atomic mass is 9.87. The van der Waals surface area contributed by atoms with Crippen LogP contribution in [0.4, 0.5) is 0 Å². The molecule has 3 heterocycles. The molecule has 2 aromatic heterocycles. The first-order chi connectivity index (χ1) is 11.6. The van der Waals surface area contributed by atoms with Gasteiger partial charge in [-0.25, -0.2) is 9.48 Å². The van der Waals surface area contributed by atoms with E-state index < -0.39 is 11.5 Å². The number of aromatic nitrogens is 6. The Hall–Kier alpha value is -2.78. The maximum Gasteiger partial charge on any atom is 0.331 e. The highest BCUT2D eigenvalue weighted by Crippen LogP contribution is 2.30. The zero-order chi connectivity index (χ0) is 17.0. The van der Waals surface area contributed by atoms with E-state index >= 15 is 0 Å². The van der Waals surface area contributed by atoms with Crippen molar-refractivity contribution < 1.29 is 14.7 Å². The van der Waals surface area contributed by atoms with E-state index in [4.69, 9.17) is 0 Å². The molecular weight excluding hydrogens is 314 g/mol. The van der Waals surface area contributed by atoms with Crippen LogP contribution in [-0.4, -0.2) is 65.0 Å². The number of carboxylic acids is 1. The van der Waals surface area contributed by atoms with E-state index in [9.17, 15) is 14.7 Å². The molecule has 0 spiro atoms. The molecule has 3 rings (SSSR count). The van der Waals surface area contributed by atoms with Gasteiger partial charge in [0, 0.05) is 51.3 Å².